The number of nitrogens with one attached hydrogen (secondary N) is 1. The molecule has 0 aliphatic rings. The molecule has 0 aliphatic heterocycles. The first-order valence-corrected chi connectivity index (χ1v) is 5.70. The Bertz CT molecular complexity index is 302. The summed E-state index contributed by atoms with van der Waals surface area (Å²) in [6.07, 6.45) is 2.09. The molecule has 1 N–H and O–H groups in total. The van der Waals surface area contributed by atoms with E-state index in [2.05, 4.69) is 44.3 Å². The molecule has 0 saturated carbocycles. The zero-order chi connectivity index (χ0) is 11.4. The molecule has 0 saturated heterocycles. The van der Waals surface area contributed by atoms with Crippen LogP contribution in [0, 0.1) is 18.8 Å². The van der Waals surface area contributed by atoms with Crippen molar-refractivity contribution in [2.24, 2.45) is 18.9 Å². The molecule has 1 unspecified atom stereocenters. The second-order valence-electron chi connectivity index (χ2n) is 4.77. The molecular weight excluding hydrogens is 186 g/mol. The Morgan fingerprint density at radius 3 is 2.53 bits per heavy atom. The Morgan fingerprint density at radius 1 is 1.40 bits per heavy atom. The fourth-order valence-electron chi connectivity index (χ4n) is 1.49. The first-order valence-electron chi connectivity index (χ1n) is 5.70. The minimum atomic E-state index is 0.724. The Balaban J connectivity index is 2.35. The molecule has 3 heteroatoms. The van der Waals surface area contributed by atoms with Crippen LogP contribution in [0.4, 0.5) is 0 Å². The topological polar surface area (TPSA) is 29.9 Å². The highest BCUT2D eigenvalue weighted by Crippen LogP contribution is 2.09. The standard InChI is InChI=1S/C12H23N3/c1-9(2)10(3)6-13-7-12-8-15(5)14-11(12)4/h8-10,13H,6-7H2,1-5H3. The first-order chi connectivity index (χ1) is 7.00. The van der Waals surface area contributed by atoms with E-state index in [1.54, 1.807) is 0 Å². The summed E-state index contributed by atoms with van der Waals surface area (Å²) in [5, 5.41) is 7.80. The van der Waals surface area contributed by atoms with E-state index in [0.717, 1.165) is 30.6 Å². The van der Waals surface area contributed by atoms with E-state index < -0.39 is 0 Å². The molecule has 0 aliphatic carbocycles. The van der Waals surface area contributed by atoms with Gasteiger partial charge in [0.25, 0.3) is 0 Å². The molecule has 1 atom stereocenters. The van der Waals surface area contributed by atoms with Crippen LogP contribution >= 0.6 is 0 Å². The van der Waals surface area contributed by atoms with Gasteiger partial charge in [-0.2, -0.15) is 5.10 Å². The van der Waals surface area contributed by atoms with Crippen molar-refractivity contribution in [3.05, 3.63) is 17.5 Å². The number of aromatic nitrogens is 2. The predicted octanol–water partition coefficient (Wildman–Crippen LogP) is 2.11. The van der Waals surface area contributed by atoms with Crippen LogP contribution in [0.25, 0.3) is 0 Å². The van der Waals surface area contributed by atoms with Gasteiger partial charge in [0, 0.05) is 25.4 Å². The summed E-state index contributed by atoms with van der Waals surface area (Å²) in [7, 11) is 1.97. The SMILES string of the molecule is Cc1nn(C)cc1CNCC(C)C(C)C. The van der Waals surface area contributed by atoms with E-state index in [9.17, 15) is 0 Å². The molecule has 86 valence electrons. The molecule has 15 heavy (non-hydrogen) atoms. The lowest BCUT2D eigenvalue weighted by molar-refractivity contribution is 0.392. The number of nitrogens with zero attached hydrogens (tertiary/aromatic N) is 2. The minimum Gasteiger partial charge on any atom is -0.312 e. The molecule has 1 aromatic heterocycles. The van der Waals surface area contributed by atoms with Crippen molar-refractivity contribution in [2.45, 2.75) is 34.2 Å². The third kappa shape index (κ3) is 3.67. The number of hydrogen-bond acceptors (Lipinski definition) is 2. The molecule has 0 amide bonds. The van der Waals surface area contributed by atoms with E-state index in [1.807, 2.05) is 11.7 Å². The smallest absolute Gasteiger partial charge is 0.0638 e. The fourth-order valence-corrected chi connectivity index (χ4v) is 1.49. The Labute approximate surface area is 92.9 Å². The van der Waals surface area contributed by atoms with Gasteiger partial charge in [-0.25, -0.2) is 0 Å². The largest absolute Gasteiger partial charge is 0.312 e. The predicted molar refractivity (Wildman–Crippen MR) is 63.7 cm³/mol. The Hall–Kier alpha value is -0.830. The van der Waals surface area contributed by atoms with E-state index in [0.29, 0.717) is 0 Å². The van der Waals surface area contributed by atoms with Crippen molar-refractivity contribution in [3.63, 3.8) is 0 Å². The van der Waals surface area contributed by atoms with Crippen LogP contribution in [0.2, 0.25) is 0 Å². The number of rotatable bonds is 5. The molecular formula is C12H23N3. The zero-order valence-electron chi connectivity index (χ0n) is 10.5. The van der Waals surface area contributed by atoms with Crippen LogP contribution < -0.4 is 5.32 Å². The molecule has 0 bridgehead atoms. The van der Waals surface area contributed by atoms with Crippen LogP contribution in [0.1, 0.15) is 32.0 Å². The molecule has 1 aromatic rings. The molecule has 0 radical (unpaired) electrons. The molecule has 1 rings (SSSR count). The van der Waals surface area contributed by atoms with Gasteiger partial charge in [-0.15, -0.1) is 0 Å². The van der Waals surface area contributed by atoms with Gasteiger partial charge < -0.3 is 5.32 Å². The van der Waals surface area contributed by atoms with Crippen LogP contribution in [-0.4, -0.2) is 16.3 Å². The van der Waals surface area contributed by atoms with Crippen molar-refractivity contribution in [2.75, 3.05) is 6.54 Å². The van der Waals surface area contributed by atoms with E-state index in [1.165, 1.54) is 5.56 Å². The van der Waals surface area contributed by atoms with E-state index in [4.69, 9.17) is 0 Å². The summed E-state index contributed by atoms with van der Waals surface area (Å²) in [6.45, 7) is 10.9. The van der Waals surface area contributed by atoms with Crippen LogP contribution in [0.15, 0.2) is 6.20 Å². The Kier molecular flexibility index (Phi) is 4.33. The fraction of sp³-hybridized carbons (Fsp3) is 0.750. The van der Waals surface area contributed by atoms with Crippen molar-refractivity contribution in [1.29, 1.82) is 0 Å². The van der Waals surface area contributed by atoms with Crippen LogP contribution in [0.5, 0.6) is 0 Å². The third-order valence-electron chi connectivity index (χ3n) is 3.03. The lowest BCUT2D eigenvalue weighted by Gasteiger charge is -2.15. The highest BCUT2D eigenvalue weighted by atomic mass is 15.2. The maximum Gasteiger partial charge on any atom is 0.0638 e. The van der Waals surface area contributed by atoms with Gasteiger partial charge in [0.05, 0.1) is 5.69 Å². The average Bonchev–Trinajstić information content (AvgIpc) is 2.45. The zero-order valence-corrected chi connectivity index (χ0v) is 10.5. The van der Waals surface area contributed by atoms with Gasteiger partial charge in [0.1, 0.15) is 0 Å². The molecule has 0 aromatic carbocycles. The van der Waals surface area contributed by atoms with E-state index in [-0.39, 0.29) is 0 Å². The monoisotopic (exact) mass is 209 g/mol. The third-order valence-corrected chi connectivity index (χ3v) is 3.03. The highest BCUT2D eigenvalue weighted by Gasteiger charge is 2.07. The molecule has 0 fully saturated rings. The van der Waals surface area contributed by atoms with Crippen LogP contribution in [-0.2, 0) is 13.6 Å². The van der Waals surface area contributed by atoms with E-state index >= 15 is 0 Å². The summed E-state index contributed by atoms with van der Waals surface area (Å²) >= 11 is 0. The Morgan fingerprint density at radius 2 is 2.07 bits per heavy atom. The summed E-state index contributed by atoms with van der Waals surface area (Å²) < 4.78 is 1.87. The second-order valence-corrected chi connectivity index (χ2v) is 4.77. The normalized spacial score (nSPS) is 13.5. The first kappa shape index (κ1) is 12.2. The number of hydrogen-bond donors (Lipinski definition) is 1. The summed E-state index contributed by atoms with van der Waals surface area (Å²) in [6, 6.07) is 0. The lowest BCUT2D eigenvalue weighted by Crippen LogP contribution is -2.23. The maximum absolute atomic E-state index is 4.32. The summed E-state index contributed by atoms with van der Waals surface area (Å²) in [5.41, 5.74) is 2.43. The molecule has 0 spiro atoms. The average molecular weight is 209 g/mol. The van der Waals surface area contributed by atoms with Gasteiger partial charge in [0.15, 0.2) is 0 Å². The van der Waals surface area contributed by atoms with Gasteiger partial charge in [-0.3, -0.25) is 4.68 Å². The number of aryl methyl sites for hydroxylation is 2. The maximum atomic E-state index is 4.32. The minimum absolute atomic E-state index is 0.724. The van der Waals surface area contributed by atoms with Gasteiger partial charge in [-0.1, -0.05) is 20.8 Å². The molecule has 1 heterocycles. The summed E-state index contributed by atoms with van der Waals surface area (Å²) in [5.74, 6) is 1.47. The van der Waals surface area contributed by atoms with Gasteiger partial charge >= 0.3 is 0 Å². The van der Waals surface area contributed by atoms with Gasteiger partial charge in [0.2, 0.25) is 0 Å². The quantitative estimate of drug-likeness (QED) is 0.805. The van der Waals surface area contributed by atoms with Crippen molar-refractivity contribution in [1.82, 2.24) is 15.1 Å². The highest BCUT2D eigenvalue weighted by molar-refractivity contribution is 5.14. The lowest BCUT2D eigenvalue weighted by atomic mass is 9.98. The second kappa shape index (κ2) is 5.31. The van der Waals surface area contributed by atoms with Crippen molar-refractivity contribution in [3.8, 4) is 0 Å². The van der Waals surface area contributed by atoms with Crippen molar-refractivity contribution < 1.29 is 0 Å². The molecule has 3 nitrogen and oxygen atoms in total. The van der Waals surface area contributed by atoms with Gasteiger partial charge in [-0.05, 0) is 25.3 Å². The van der Waals surface area contributed by atoms with Crippen molar-refractivity contribution >= 4 is 0 Å². The summed E-state index contributed by atoms with van der Waals surface area (Å²) in [4.78, 5) is 0. The van der Waals surface area contributed by atoms with Crippen LogP contribution in [0.3, 0.4) is 0 Å².